The molecule has 3 aromatic rings. The van der Waals surface area contributed by atoms with Crippen molar-refractivity contribution in [1.82, 2.24) is 4.90 Å². The van der Waals surface area contributed by atoms with Gasteiger partial charge in [0.05, 0.1) is 24.3 Å². The number of carbonyl (C=O) groups is 2. The third-order valence-corrected chi connectivity index (χ3v) is 5.77. The number of amides is 1. The van der Waals surface area contributed by atoms with E-state index in [0.29, 0.717) is 23.7 Å². The summed E-state index contributed by atoms with van der Waals surface area (Å²) in [5.41, 5.74) is 1.10. The molecule has 1 atom stereocenters. The van der Waals surface area contributed by atoms with Crippen molar-refractivity contribution < 1.29 is 19.4 Å². The monoisotopic (exact) mass is 435 g/mol. The van der Waals surface area contributed by atoms with Crippen LogP contribution in [0.25, 0.3) is 16.5 Å². The molecule has 1 aliphatic heterocycles. The summed E-state index contributed by atoms with van der Waals surface area (Å²) in [6, 6.07) is 17.6. The number of Topliss-reactive ketones (excluding diaryl/α,β-unsaturated/α-hetero) is 1. The molecule has 1 unspecified atom stereocenters. The van der Waals surface area contributed by atoms with Gasteiger partial charge in [-0.15, -0.1) is 0 Å². The van der Waals surface area contributed by atoms with Crippen LogP contribution in [0, 0.1) is 0 Å². The molecule has 5 nitrogen and oxygen atoms in total. The summed E-state index contributed by atoms with van der Waals surface area (Å²) in [4.78, 5) is 27.6. The van der Waals surface area contributed by atoms with Crippen LogP contribution in [0.1, 0.15) is 30.5 Å². The second-order valence-electron chi connectivity index (χ2n) is 7.41. The summed E-state index contributed by atoms with van der Waals surface area (Å²) in [5.74, 6) is -1.28. The Bertz CT molecular complexity index is 1210. The average Bonchev–Trinajstić information content (AvgIpc) is 3.03. The van der Waals surface area contributed by atoms with E-state index in [0.717, 1.165) is 16.3 Å². The molecule has 3 aromatic carbocycles. The first kappa shape index (κ1) is 20.9. The zero-order valence-electron chi connectivity index (χ0n) is 17.3. The van der Waals surface area contributed by atoms with Gasteiger partial charge >= 0.3 is 0 Å². The van der Waals surface area contributed by atoms with E-state index in [-0.39, 0.29) is 16.9 Å². The molecule has 6 heteroatoms. The summed E-state index contributed by atoms with van der Waals surface area (Å²) in [6.07, 6.45) is 0.675. The fraction of sp³-hybridized carbons (Fsp3) is 0.200. The molecule has 1 heterocycles. The van der Waals surface area contributed by atoms with E-state index in [4.69, 9.17) is 16.3 Å². The third kappa shape index (κ3) is 3.55. The fourth-order valence-corrected chi connectivity index (χ4v) is 4.35. The Hall–Kier alpha value is -3.31. The molecule has 1 amide bonds. The van der Waals surface area contributed by atoms with Crippen LogP contribution in [0.2, 0.25) is 5.02 Å². The third-order valence-electron chi connectivity index (χ3n) is 5.54. The number of hydrogen-bond donors (Lipinski definition) is 1. The Labute approximate surface area is 185 Å². The molecular weight excluding hydrogens is 414 g/mol. The number of ketones is 1. The number of aliphatic hydroxyl groups is 1. The number of carbonyl (C=O) groups excluding carboxylic acids is 2. The molecular formula is C25H22ClNO4. The summed E-state index contributed by atoms with van der Waals surface area (Å²) in [5, 5.41) is 13.6. The van der Waals surface area contributed by atoms with Crippen molar-refractivity contribution in [1.29, 1.82) is 0 Å². The van der Waals surface area contributed by atoms with Crippen molar-refractivity contribution in [3.05, 3.63) is 82.4 Å². The number of benzene rings is 3. The van der Waals surface area contributed by atoms with E-state index in [2.05, 4.69) is 0 Å². The Balaban J connectivity index is 2.01. The van der Waals surface area contributed by atoms with Crippen LogP contribution in [0.3, 0.4) is 0 Å². The standard InChI is InChI=1S/C25H22ClNO4/c1-3-13-27-22(18-10-6-8-15-7-4-5-9-17(15)18)21(24(29)25(27)30)23(28)19-14-16(26)11-12-20(19)31-2/h4-12,14,22,28H,3,13H2,1-2H3/b23-21+. The molecule has 0 saturated carbocycles. The number of methoxy groups -OCH3 is 1. The predicted molar refractivity (Wildman–Crippen MR) is 121 cm³/mol. The first-order valence-corrected chi connectivity index (χ1v) is 10.5. The van der Waals surface area contributed by atoms with Gasteiger partial charge in [-0.05, 0) is 41.0 Å². The second kappa shape index (κ2) is 8.44. The topological polar surface area (TPSA) is 66.8 Å². The molecule has 1 aliphatic rings. The molecule has 158 valence electrons. The van der Waals surface area contributed by atoms with E-state index in [1.165, 1.54) is 18.1 Å². The second-order valence-corrected chi connectivity index (χ2v) is 7.84. The lowest BCUT2D eigenvalue weighted by atomic mass is 9.91. The van der Waals surface area contributed by atoms with Gasteiger partial charge in [-0.1, -0.05) is 61.0 Å². The van der Waals surface area contributed by atoms with Crippen LogP contribution < -0.4 is 4.74 Å². The summed E-state index contributed by atoms with van der Waals surface area (Å²) in [7, 11) is 1.47. The number of ether oxygens (including phenoxy) is 1. The first-order valence-electron chi connectivity index (χ1n) is 10.1. The Morgan fingerprint density at radius 1 is 1.10 bits per heavy atom. The molecule has 0 aliphatic carbocycles. The normalized spacial score (nSPS) is 18.0. The Kier molecular flexibility index (Phi) is 5.70. The number of hydrogen-bond acceptors (Lipinski definition) is 4. The van der Waals surface area contributed by atoms with Crippen LogP contribution in [0.5, 0.6) is 5.75 Å². The van der Waals surface area contributed by atoms with E-state index < -0.39 is 17.7 Å². The van der Waals surface area contributed by atoms with Crippen molar-refractivity contribution in [3.8, 4) is 5.75 Å². The van der Waals surface area contributed by atoms with Crippen LogP contribution in [0.15, 0.2) is 66.2 Å². The molecule has 0 radical (unpaired) electrons. The summed E-state index contributed by atoms with van der Waals surface area (Å²) >= 11 is 6.15. The average molecular weight is 436 g/mol. The minimum Gasteiger partial charge on any atom is -0.507 e. The minimum atomic E-state index is -0.717. The van der Waals surface area contributed by atoms with Crippen molar-refractivity contribution in [2.75, 3.05) is 13.7 Å². The maximum Gasteiger partial charge on any atom is 0.295 e. The van der Waals surface area contributed by atoms with Gasteiger partial charge in [-0.2, -0.15) is 0 Å². The SMILES string of the molecule is CCCN1C(=O)C(=O)/C(=C(/O)c2cc(Cl)ccc2OC)C1c1cccc2ccccc12. The van der Waals surface area contributed by atoms with Gasteiger partial charge in [0.15, 0.2) is 0 Å². The van der Waals surface area contributed by atoms with E-state index in [1.807, 2.05) is 49.4 Å². The van der Waals surface area contributed by atoms with Crippen LogP contribution in [0.4, 0.5) is 0 Å². The Morgan fingerprint density at radius 2 is 1.84 bits per heavy atom. The van der Waals surface area contributed by atoms with Gasteiger partial charge < -0.3 is 14.7 Å². The van der Waals surface area contributed by atoms with E-state index in [1.54, 1.807) is 12.1 Å². The molecule has 1 N–H and O–H groups in total. The number of nitrogens with zero attached hydrogens (tertiary/aromatic N) is 1. The first-order chi connectivity index (χ1) is 15.0. The highest BCUT2D eigenvalue weighted by molar-refractivity contribution is 6.46. The lowest BCUT2D eigenvalue weighted by Gasteiger charge is -2.26. The largest absolute Gasteiger partial charge is 0.507 e. The summed E-state index contributed by atoms with van der Waals surface area (Å²) in [6.45, 7) is 2.33. The van der Waals surface area contributed by atoms with Gasteiger partial charge in [-0.3, -0.25) is 9.59 Å². The van der Waals surface area contributed by atoms with Crippen molar-refractivity contribution in [3.63, 3.8) is 0 Å². The number of rotatable bonds is 5. The molecule has 0 spiro atoms. The van der Waals surface area contributed by atoms with Crippen molar-refractivity contribution in [2.24, 2.45) is 0 Å². The maximum atomic E-state index is 13.1. The van der Waals surface area contributed by atoms with Gasteiger partial charge in [0.2, 0.25) is 0 Å². The zero-order valence-corrected chi connectivity index (χ0v) is 18.0. The van der Waals surface area contributed by atoms with Crippen LogP contribution in [-0.4, -0.2) is 35.4 Å². The lowest BCUT2D eigenvalue weighted by Crippen LogP contribution is -2.30. The number of aliphatic hydroxyl groups excluding tert-OH is 1. The quantitative estimate of drug-likeness (QED) is 0.334. The highest BCUT2D eigenvalue weighted by Gasteiger charge is 2.46. The number of fused-ring (bicyclic) bond motifs is 1. The highest BCUT2D eigenvalue weighted by atomic mass is 35.5. The van der Waals surface area contributed by atoms with Crippen LogP contribution in [-0.2, 0) is 9.59 Å². The van der Waals surface area contributed by atoms with Crippen LogP contribution >= 0.6 is 11.6 Å². The molecule has 1 saturated heterocycles. The van der Waals surface area contributed by atoms with Gasteiger partial charge in [-0.25, -0.2) is 0 Å². The lowest BCUT2D eigenvalue weighted by molar-refractivity contribution is -0.139. The van der Waals surface area contributed by atoms with Gasteiger partial charge in [0, 0.05) is 11.6 Å². The minimum absolute atomic E-state index is 0.0374. The highest BCUT2D eigenvalue weighted by Crippen LogP contribution is 2.43. The molecule has 0 bridgehead atoms. The molecule has 1 fully saturated rings. The Morgan fingerprint density at radius 3 is 2.58 bits per heavy atom. The maximum absolute atomic E-state index is 13.1. The molecule has 31 heavy (non-hydrogen) atoms. The number of halogens is 1. The van der Waals surface area contributed by atoms with Gasteiger partial charge in [0.25, 0.3) is 11.7 Å². The van der Waals surface area contributed by atoms with Gasteiger partial charge in [0.1, 0.15) is 11.5 Å². The molecule has 0 aromatic heterocycles. The fourth-order valence-electron chi connectivity index (χ4n) is 4.17. The van der Waals surface area contributed by atoms with E-state index in [9.17, 15) is 14.7 Å². The zero-order chi connectivity index (χ0) is 22.1. The smallest absolute Gasteiger partial charge is 0.295 e. The predicted octanol–water partition coefficient (Wildman–Crippen LogP) is 5.33. The number of likely N-dealkylation sites (tertiary alicyclic amines) is 1. The summed E-state index contributed by atoms with van der Waals surface area (Å²) < 4.78 is 5.37. The van der Waals surface area contributed by atoms with Crippen molar-refractivity contribution in [2.45, 2.75) is 19.4 Å². The van der Waals surface area contributed by atoms with E-state index >= 15 is 0 Å². The molecule has 4 rings (SSSR count). The van der Waals surface area contributed by atoms with Crippen molar-refractivity contribution >= 4 is 39.8 Å².